The SMILES string of the molecule is COc1cc(NC(=O)NC(C)c2onc(-c3ccccc3)c2C(=O)O)cc(OC)c1. The summed E-state index contributed by atoms with van der Waals surface area (Å²) in [5, 5.41) is 18.9. The van der Waals surface area contributed by atoms with E-state index in [0.29, 0.717) is 22.7 Å². The second kappa shape index (κ2) is 8.99. The van der Waals surface area contributed by atoms with Gasteiger partial charge in [0.2, 0.25) is 0 Å². The van der Waals surface area contributed by atoms with Gasteiger partial charge < -0.3 is 29.7 Å². The normalized spacial score (nSPS) is 11.4. The van der Waals surface area contributed by atoms with Crippen LogP contribution in [0.15, 0.2) is 53.1 Å². The average molecular weight is 411 g/mol. The van der Waals surface area contributed by atoms with Crippen molar-refractivity contribution in [3.8, 4) is 22.8 Å². The molecule has 1 unspecified atom stereocenters. The standard InChI is InChI=1S/C21H21N3O6/c1-12(22-21(27)23-14-9-15(28-2)11-16(10-14)29-3)19-17(20(25)26)18(24-30-19)13-7-5-4-6-8-13/h4-12H,1-3H3,(H,25,26)(H2,22,23,27). The first kappa shape index (κ1) is 20.7. The Morgan fingerprint density at radius 2 is 1.70 bits per heavy atom. The van der Waals surface area contributed by atoms with Crippen molar-refractivity contribution in [3.63, 3.8) is 0 Å². The Morgan fingerprint density at radius 3 is 2.27 bits per heavy atom. The zero-order valence-corrected chi connectivity index (χ0v) is 16.6. The molecule has 0 aliphatic carbocycles. The van der Waals surface area contributed by atoms with E-state index in [4.69, 9.17) is 14.0 Å². The van der Waals surface area contributed by atoms with Gasteiger partial charge >= 0.3 is 12.0 Å². The molecule has 9 heteroatoms. The van der Waals surface area contributed by atoms with Crippen LogP contribution >= 0.6 is 0 Å². The Morgan fingerprint density at radius 1 is 1.07 bits per heavy atom. The van der Waals surface area contributed by atoms with Crippen LogP contribution in [-0.4, -0.2) is 36.5 Å². The maximum Gasteiger partial charge on any atom is 0.341 e. The lowest BCUT2D eigenvalue weighted by Gasteiger charge is -2.14. The summed E-state index contributed by atoms with van der Waals surface area (Å²) in [5.41, 5.74) is 1.14. The number of urea groups is 1. The molecule has 30 heavy (non-hydrogen) atoms. The van der Waals surface area contributed by atoms with Crippen LogP contribution in [0.5, 0.6) is 11.5 Å². The van der Waals surface area contributed by atoms with Gasteiger partial charge in [0.1, 0.15) is 22.8 Å². The third kappa shape index (κ3) is 4.52. The predicted molar refractivity (Wildman–Crippen MR) is 109 cm³/mol. The van der Waals surface area contributed by atoms with Gasteiger partial charge in [-0.15, -0.1) is 0 Å². The number of benzene rings is 2. The van der Waals surface area contributed by atoms with Crippen molar-refractivity contribution >= 4 is 17.7 Å². The van der Waals surface area contributed by atoms with Crippen LogP contribution in [0, 0.1) is 0 Å². The minimum absolute atomic E-state index is 0.0414. The first-order valence-electron chi connectivity index (χ1n) is 9.01. The molecule has 0 saturated heterocycles. The minimum Gasteiger partial charge on any atom is -0.497 e. The van der Waals surface area contributed by atoms with Gasteiger partial charge in [0.25, 0.3) is 0 Å². The highest BCUT2D eigenvalue weighted by molar-refractivity contribution is 5.96. The van der Waals surface area contributed by atoms with Crippen LogP contribution in [0.2, 0.25) is 0 Å². The van der Waals surface area contributed by atoms with Gasteiger partial charge in [0.05, 0.1) is 20.3 Å². The van der Waals surface area contributed by atoms with Crippen LogP contribution in [0.3, 0.4) is 0 Å². The number of rotatable bonds is 7. The Hall–Kier alpha value is -4.01. The van der Waals surface area contributed by atoms with E-state index in [1.807, 2.05) is 6.07 Å². The van der Waals surface area contributed by atoms with Crippen LogP contribution in [0.25, 0.3) is 11.3 Å². The fourth-order valence-corrected chi connectivity index (χ4v) is 2.91. The van der Waals surface area contributed by atoms with E-state index in [-0.39, 0.29) is 17.0 Å². The van der Waals surface area contributed by atoms with Gasteiger partial charge in [-0.3, -0.25) is 0 Å². The van der Waals surface area contributed by atoms with E-state index in [1.165, 1.54) is 14.2 Å². The number of nitrogens with one attached hydrogen (secondary N) is 2. The van der Waals surface area contributed by atoms with Crippen LogP contribution in [0.4, 0.5) is 10.5 Å². The number of nitrogens with zero attached hydrogens (tertiary/aromatic N) is 1. The van der Waals surface area contributed by atoms with Gasteiger partial charge in [-0.25, -0.2) is 9.59 Å². The van der Waals surface area contributed by atoms with Gasteiger partial charge in [-0.05, 0) is 6.92 Å². The third-order valence-electron chi connectivity index (χ3n) is 4.33. The number of carbonyl (C=O) groups is 2. The molecule has 2 amide bonds. The second-order valence-corrected chi connectivity index (χ2v) is 6.36. The number of hydrogen-bond donors (Lipinski definition) is 3. The highest BCUT2D eigenvalue weighted by atomic mass is 16.5. The van der Waals surface area contributed by atoms with Crippen molar-refractivity contribution in [3.05, 3.63) is 59.9 Å². The highest BCUT2D eigenvalue weighted by Gasteiger charge is 2.28. The molecule has 0 spiro atoms. The molecule has 0 bridgehead atoms. The van der Waals surface area contributed by atoms with Crippen molar-refractivity contribution in [2.75, 3.05) is 19.5 Å². The fraction of sp³-hybridized carbons (Fsp3) is 0.190. The molecule has 0 radical (unpaired) electrons. The summed E-state index contributed by atoms with van der Waals surface area (Å²) in [6.07, 6.45) is 0. The molecule has 156 valence electrons. The molecule has 0 saturated carbocycles. The Bertz CT molecular complexity index is 1030. The monoisotopic (exact) mass is 411 g/mol. The molecule has 3 rings (SSSR count). The van der Waals surface area contributed by atoms with Crippen LogP contribution in [0.1, 0.15) is 29.1 Å². The topological polar surface area (TPSA) is 123 Å². The molecule has 3 N–H and O–H groups in total. The number of ether oxygens (including phenoxy) is 2. The summed E-state index contributed by atoms with van der Waals surface area (Å²) in [4.78, 5) is 24.3. The molecule has 9 nitrogen and oxygen atoms in total. The summed E-state index contributed by atoms with van der Waals surface area (Å²) in [6.45, 7) is 1.60. The van der Waals surface area contributed by atoms with Gasteiger partial charge in [-0.1, -0.05) is 35.5 Å². The molecule has 0 aliphatic heterocycles. The Kier molecular flexibility index (Phi) is 6.21. The Labute approximate surface area is 172 Å². The molecule has 1 atom stereocenters. The van der Waals surface area contributed by atoms with E-state index < -0.39 is 18.0 Å². The van der Waals surface area contributed by atoms with Gasteiger partial charge in [0.15, 0.2) is 5.76 Å². The number of anilines is 1. The number of aromatic carboxylic acids is 1. The largest absolute Gasteiger partial charge is 0.497 e. The van der Waals surface area contributed by atoms with Crippen molar-refractivity contribution in [1.82, 2.24) is 10.5 Å². The van der Waals surface area contributed by atoms with Gasteiger partial charge in [-0.2, -0.15) is 0 Å². The molecule has 1 heterocycles. The van der Waals surface area contributed by atoms with Crippen LogP contribution < -0.4 is 20.1 Å². The average Bonchev–Trinajstić information content (AvgIpc) is 3.19. The molecule has 3 aromatic rings. The van der Waals surface area contributed by atoms with Gasteiger partial charge in [0, 0.05) is 29.4 Å². The van der Waals surface area contributed by atoms with Crippen LogP contribution in [-0.2, 0) is 0 Å². The number of hydrogen-bond acceptors (Lipinski definition) is 6. The summed E-state index contributed by atoms with van der Waals surface area (Å²) >= 11 is 0. The number of methoxy groups -OCH3 is 2. The summed E-state index contributed by atoms with van der Waals surface area (Å²) in [7, 11) is 3.00. The number of carboxylic acids is 1. The lowest BCUT2D eigenvalue weighted by Crippen LogP contribution is -2.31. The third-order valence-corrected chi connectivity index (χ3v) is 4.33. The predicted octanol–water partition coefficient (Wildman–Crippen LogP) is 3.94. The molecule has 1 aromatic heterocycles. The molecular formula is C21H21N3O6. The van der Waals surface area contributed by atoms with Crippen molar-refractivity contribution < 1.29 is 28.7 Å². The Balaban J connectivity index is 1.79. The number of amides is 2. The van der Waals surface area contributed by atoms with E-state index in [9.17, 15) is 14.7 Å². The highest BCUT2D eigenvalue weighted by Crippen LogP contribution is 2.29. The second-order valence-electron chi connectivity index (χ2n) is 6.36. The van der Waals surface area contributed by atoms with E-state index in [1.54, 1.807) is 49.4 Å². The zero-order valence-electron chi connectivity index (χ0n) is 16.6. The smallest absolute Gasteiger partial charge is 0.341 e. The lowest BCUT2D eigenvalue weighted by molar-refractivity contribution is 0.0694. The molecule has 2 aromatic carbocycles. The van der Waals surface area contributed by atoms with Crippen molar-refractivity contribution in [2.24, 2.45) is 0 Å². The van der Waals surface area contributed by atoms with E-state index in [0.717, 1.165) is 0 Å². The van der Waals surface area contributed by atoms with Crippen molar-refractivity contribution in [2.45, 2.75) is 13.0 Å². The summed E-state index contributed by atoms with van der Waals surface area (Å²) in [5.74, 6) is -0.140. The maximum atomic E-state index is 12.4. The molecule has 0 fully saturated rings. The lowest BCUT2D eigenvalue weighted by atomic mass is 10.0. The fourth-order valence-electron chi connectivity index (χ4n) is 2.91. The number of carboxylic acid groups (broad SMARTS) is 1. The number of carbonyl (C=O) groups excluding carboxylic acids is 1. The number of aromatic nitrogens is 1. The summed E-state index contributed by atoms with van der Waals surface area (Å²) in [6, 6.07) is 12.4. The van der Waals surface area contributed by atoms with E-state index >= 15 is 0 Å². The quantitative estimate of drug-likeness (QED) is 0.538. The summed E-state index contributed by atoms with van der Waals surface area (Å²) < 4.78 is 15.6. The first-order chi connectivity index (χ1) is 14.4. The van der Waals surface area contributed by atoms with Crippen molar-refractivity contribution in [1.29, 1.82) is 0 Å². The molecular weight excluding hydrogens is 390 g/mol. The first-order valence-corrected chi connectivity index (χ1v) is 9.01. The molecule has 0 aliphatic rings. The minimum atomic E-state index is -1.20. The zero-order chi connectivity index (χ0) is 21.7. The maximum absolute atomic E-state index is 12.4. The van der Waals surface area contributed by atoms with E-state index in [2.05, 4.69) is 15.8 Å².